The molecule has 3 atom stereocenters. The molecule has 1 amide bonds. The zero-order chi connectivity index (χ0) is 44.5. The number of amides is 1. The molecular formula is C55H97NO5. The number of hydrogen-bond acceptors (Lipinski definition) is 5. The van der Waals surface area contributed by atoms with Crippen molar-refractivity contribution in [3.8, 4) is 0 Å². The molecule has 0 aromatic heterocycles. The van der Waals surface area contributed by atoms with Gasteiger partial charge in [-0.05, 0) is 44.9 Å². The first kappa shape index (κ1) is 58.3. The molecule has 0 fully saturated rings. The summed E-state index contributed by atoms with van der Waals surface area (Å²) >= 11 is 0. The number of hydrogen-bond donors (Lipinski definition) is 3. The Hall–Kier alpha value is -2.70. The summed E-state index contributed by atoms with van der Waals surface area (Å²) in [4.78, 5) is 26.0. The van der Waals surface area contributed by atoms with Gasteiger partial charge < -0.3 is 20.3 Å². The lowest BCUT2D eigenvalue weighted by Gasteiger charge is -2.24. The minimum Gasteiger partial charge on any atom is -0.461 e. The lowest BCUT2D eigenvalue weighted by Crippen LogP contribution is -2.46. The van der Waals surface area contributed by atoms with Gasteiger partial charge in [-0.2, -0.15) is 0 Å². The number of aliphatic hydroxyl groups is 2. The van der Waals surface area contributed by atoms with Crippen LogP contribution in [0.15, 0.2) is 72.9 Å². The fourth-order valence-electron chi connectivity index (χ4n) is 7.51. The van der Waals surface area contributed by atoms with Gasteiger partial charge in [0, 0.05) is 12.8 Å². The number of carbonyl (C=O) groups is 2. The second kappa shape index (κ2) is 48.3. The van der Waals surface area contributed by atoms with E-state index in [1.165, 1.54) is 135 Å². The average Bonchev–Trinajstić information content (AvgIpc) is 3.25. The molecule has 6 nitrogen and oxygen atoms in total. The van der Waals surface area contributed by atoms with Gasteiger partial charge in [-0.25, -0.2) is 0 Å². The molecular weight excluding hydrogens is 755 g/mol. The first-order chi connectivity index (χ1) is 30.0. The van der Waals surface area contributed by atoms with Gasteiger partial charge in [0.15, 0.2) is 0 Å². The molecule has 0 saturated carbocycles. The Bertz CT molecular complexity index is 1140. The highest BCUT2D eigenvalue weighted by Crippen LogP contribution is 2.16. The summed E-state index contributed by atoms with van der Waals surface area (Å²) in [6.45, 7) is 6.30. The Balaban J connectivity index is 4.61. The Morgan fingerprint density at radius 1 is 0.508 bits per heavy atom. The first-order valence-corrected chi connectivity index (χ1v) is 25.7. The molecule has 0 radical (unpaired) electrons. The lowest BCUT2D eigenvalue weighted by atomic mass is 10.0. The smallest absolute Gasteiger partial charge is 0.306 e. The molecule has 0 bridgehead atoms. The van der Waals surface area contributed by atoms with Crippen LogP contribution in [0.1, 0.15) is 239 Å². The van der Waals surface area contributed by atoms with E-state index in [1.807, 2.05) is 54.7 Å². The van der Waals surface area contributed by atoms with Crippen molar-refractivity contribution in [2.24, 2.45) is 0 Å². The molecule has 3 N–H and O–H groups in total. The van der Waals surface area contributed by atoms with Crippen LogP contribution in [-0.4, -0.2) is 46.9 Å². The Morgan fingerprint density at radius 2 is 0.918 bits per heavy atom. The summed E-state index contributed by atoms with van der Waals surface area (Å²) < 4.78 is 5.83. The summed E-state index contributed by atoms with van der Waals surface area (Å²) in [6.07, 6.45) is 61.4. The number of aliphatic hydroxyl groups excluding tert-OH is 2. The van der Waals surface area contributed by atoms with E-state index in [4.69, 9.17) is 4.74 Å². The van der Waals surface area contributed by atoms with Gasteiger partial charge in [-0.15, -0.1) is 0 Å². The van der Waals surface area contributed by atoms with E-state index < -0.39 is 18.2 Å². The molecule has 0 aliphatic carbocycles. The maximum Gasteiger partial charge on any atom is 0.306 e. The van der Waals surface area contributed by atoms with Gasteiger partial charge in [0.05, 0.1) is 25.2 Å². The van der Waals surface area contributed by atoms with Crippen molar-refractivity contribution in [3.05, 3.63) is 72.9 Å². The van der Waals surface area contributed by atoms with E-state index in [-0.39, 0.29) is 24.9 Å². The summed E-state index contributed by atoms with van der Waals surface area (Å²) in [5.41, 5.74) is 0. The van der Waals surface area contributed by atoms with Crippen LogP contribution in [0.5, 0.6) is 0 Å². The van der Waals surface area contributed by atoms with Gasteiger partial charge in [0.25, 0.3) is 0 Å². The second-order valence-electron chi connectivity index (χ2n) is 17.3. The SMILES string of the molecule is CC/C=C/C=C/C=C\C=C/C=C/CC(CC(=O)NC(CO)C(O)CCCCCCCCCCCCCCCCCCC)OC(=O)CCCCC/C=C\CCCCCCCCC. The topological polar surface area (TPSA) is 95.9 Å². The zero-order valence-electron chi connectivity index (χ0n) is 40.0. The van der Waals surface area contributed by atoms with Gasteiger partial charge in [-0.3, -0.25) is 9.59 Å². The predicted molar refractivity (Wildman–Crippen MR) is 264 cm³/mol. The van der Waals surface area contributed by atoms with Crippen LogP contribution >= 0.6 is 0 Å². The maximum absolute atomic E-state index is 13.2. The Kier molecular flexibility index (Phi) is 46.2. The van der Waals surface area contributed by atoms with Crippen LogP contribution in [0.2, 0.25) is 0 Å². The normalized spacial score (nSPS) is 13.9. The number of rotatable bonds is 45. The highest BCUT2D eigenvalue weighted by atomic mass is 16.5. The summed E-state index contributed by atoms with van der Waals surface area (Å²) in [6, 6.07) is -0.744. The number of nitrogens with one attached hydrogen (secondary N) is 1. The van der Waals surface area contributed by atoms with E-state index in [1.54, 1.807) is 0 Å². The number of allylic oxidation sites excluding steroid dienone is 11. The number of ether oxygens (including phenoxy) is 1. The molecule has 0 aliphatic heterocycles. The van der Waals surface area contributed by atoms with Crippen molar-refractivity contribution in [2.75, 3.05) is 6.61 Å². The van der Waals surface area contributed by atoms with Crippen molar-refractivity contribution >= 4 is 11.9 Å². The van der Waals surface area contributed by atoms with Crippen LogP contribution in [-0.2, 0) is 14.3 Å². The summed E-state index contributed by atoms with van der Waals surface area (Å²) in [7, 11) is 0. The Labute approximate surface area is 377 Å². The second-order valence-corrected chi connectivity index (χ2v) is 17.3. The van der Waals surface area contributed by atoms with Gasteiger partial charge in [0.1, 0.15) is 6.10 Å². The van der Waals surface area contributed by atoms with E-state index in [0.29, 0.717) is 19.3 Å². The number of carbonyl (C=O) groups excluding carboxylic acids is 2. The van der Waals surface area contributed by atoms with Crippen molar-refractivity contribution in [3.63, 3.8) is 0 Å². The third-order valence-electron chi connectivity index (χ3n) is 11.4. The predicted octanol–water partition coefficient (Wildman–Crippen LogP) is 15.4. The molecule has 6 heteroatoms. The van der Waals surface area contributed by atoms with Crippen LogP contribution in [0.3, 0.4) is 0 Å². The number of unbranched alkanes of at least 4 members (excludes halogenated alkanes) is 26. The van der Waals surface area contributed by atoms with E-state index in [2.05, 4.69) is 44.3 Å². The zero-order valence-corrected chi connectivity index (χ0v) is 40.0. The third kappa shape index (κ3) is 43.7. The molecule has 0 rings (SSSR count). The van der Waals surface area contributed by atoms with Crippen molar-refractivity contribution in [1.29, 1.82) is 0 Å². The van der Waals surface area contributed by atoms with Crippen LogP contribution in [0, 0.1) is 0 Å². The van der Waals surface area contributed by atoms with E-state index in [9.17, 15) is 19.8 Å². The molecule has 0 aliphatic rings. The molecule has 352 valence electrons. The first-order valence-electron chi connectivity index (χ1n) is 25.7. The fourth-order valence-corrected chi connectivity index (χ4v) is 7.51. The minimum atomic E-state index is -0.822. The van der Waals surface area contributed by atoms with Crippen molar-refractivity contribution in [2.45, 2.75) is 257 Å². The fraction of sp³-hybridized carbons (Fsp3) is 0.745. The average molecular weight is 852 g/mol. The monoisotopic (exact) mass is 852 g/mol. The molecule has 0 aromatic rings. The van der Waals surface area contributed by atoms with E-state index in [0.717, 1.165) is 57.8 Å². The summed E-state index contributed by atoms with van der Waals surface area (Å²) in [5, 5.41) is 23.7. The van der Waals surface area contributed by atoms with E-state index >= 15 is 0 Å². The maximum atomic E-state index is 13.2. The molecule has 0 spiro atoms. The molecule has 0 heterocycles. The van der Waals surface area contributed by atoms with Crippen LogP contribution in [0.25, 0.3) is 0 Å². The largest absolute Gasteiger partial charge is 0.461 e. The molecule has 0 aromatic carbocycles. The quantitative estimate of drug-likeness (QED) is 0.0245. The van der Waals surface area contributed by atoms with Crippen LogP contribution in [0.4, 0.5) is 0 Å². The molecule has 3 unspecified atom stereocenters. The molecule has 0 saturated heterocycles. The van der Waals surface area contributed by atoms with Crippen molar-refractivity contribution in [1.82, 2.24) is 5.32 Å². The minimum absolute atomic E-state index is 0.0261. The number of esters is 1. The highest BCUT2D eigenvalue weighted by molar-refractivity contribution is 5.77. The van der Waals surface area contributed by atoms with Gasteiger partial charge in [0.2, 0.25) is 5.91 Å². The lowest BCUT2D eigenvalue weighted by molar-refractivity contribution is -0.150. The Morgan fingerprint density at radius 3 is 1.38 bits per heavy atom. The highest BCUT2D eigenvalue weighted by Gasteiger charge is 2.23. The third-order valence-corrected chi connectivity index (χ3v) is 11.4. The summed E-state index contributed by atoms with van der Waals surface area (Å²) in [5.74, 6) is -0.627. The van der Waals surface area contributed by atoms with Crippen molar-refractivity contribution < 1.29 is 24.5 Å². The molecule has 61 heavy (non-hydrogen) atoms. The van der Waals surface area contributed by atoms with Gasteiger partial charge >= 0.3 is 5.97 Å². The standard InChI is InChI=1S/C55H97NO5/c1-4-7-10-13-16-19-22-24-26-27-28-29-32-35-38-41-44-47-53(58)52(50-57)56-54(59)49-51(46-43-40-37-34-31-21-18-15-12-9-6-3)61-55(60)48-45-42-39-36-33-30-25-23-20-17-14-11-8-5-2/h9,12,15,18,21,30-31,33-34,37,40,43,51-53,57-58H,4-8,10-11,13-14,16-17,19-20,22-29,32,35-36,38-39,41-42,44-50H2,1-3H3,(H,56,59)/b12-9+,18-15+,31-21-,33-30-,37-34-,43-40+. The van der Waals surface area contributed by atoms with Crippen LogP contribution < -0.4 is 5.32 Å². The van der Waals surface area contributed by atoms with Gasteiger partial charge in [-0.1, -0.05) is 248 Å².